The summed E-state index contributed by atoms with van der Waals surface area (Å²) in [6, 6.07) is 7.64. The molecule has 2 bridgehead atoms. The molecular formula is C19H19FN2O4S. The second-order valence-corrected chi connectivity index (χ2v) is 9.25. The highest BCUT2D eigenvalue weighted by Gasteiger charge is 2.49. The lowest BCUT2D eigenvalue weighted by molar-refractivity contribution is 0.138. The molecule has 6 nitrogen and oxygen atoms in total. The van der Waals surface area contributed by atoms with Gasteiger partial charge in [0.25, 0.3) is 0 Å². The molecular weight excluding hydrogens is 371 g/mol. The zero-order valence-electron chi connectivity index (χ0n) is 14.7. The lowest BCUT2D eigenvalue weighted by Gasteiger charge is -2.22. The molecule has 2 aromatic rings. The lowest BCUT2D eigenvalue weighted by atomic mass is 9.84. The van der Waals surface area contributed by atoms with Crippen LogP contribution in [0.5, 0.6) is 0 Å². The minimum Gasteiger partial charge on any atom is -0.465 e. The Morgan fingerprint density at radius 2 is 1.96 bits per heavy atom. The molecule has 4 rings (SSSR count). The number of carboxylic acid groups (broad SMARTS) is 1. The monoisotopic (exact) mass is 390 g/mol. The zero-order valence-corrected chi connectivity index (χ0v) is 15.5. The first-order valence-corrected chi connectivity index (χ1v) is 10.6. The average Bonchev–Trinajstić information content (AvgIpc) is 3.20. The molecule has 0 spiro atoms. The van der Waals surface area contributed by atoms with Crippen molar-refractivity contribution >= 4 is 15.9 Å². The molecule has 3 unspecified atom stereocenters. The van der Waals surface area contributed by atoms with Gasteiger partial charge in [-0.3, -0.25) is 0 Å². The predicted octanol–water partition coefficient (Wildman–Crippen LogP) is 3.29. The summed E-state index contributed by atoms with van der Waals surface area (Å²) in [5, 5.41) is 9.43. The van der Waals surface area contributed by atoms with Crippen LogP contribution in [0.3, 0.4) is 0 Å². The van der Waals surface area contributed by atoms with Crippen LogP contribution < -0.4 is 0 Å². The summed E-state index contributed by atoms with van der Waals surface area (Å²) in [7, 11) is -3.32. The molecule has 27 heavy (non-hydrogen) atoms. The second-order valence-electron chi connectivity index (χ2n) is 7.23. The molecule has 1 aromatic heterocycles. The highest BCUT2D eigenvalue weighted by atomic mass is 32.2. The van der Waals surface area contributed by atoms with Crippen LogP contribution in [-0.4, -0.2) is 47.8 Å². The third-order valence-corrected chi connectivity index (χ3v) is 6.77. The maximum absolute atomic E-state index is 14.3. The maximum atomic E-state index is 14.3. The molecule has 0 radical (unpaired) electrons. The van der Waals surface area contributed by atoms with E-state index in [0.717, 1.165) is 31.1 Å². The first-order chi connectivity index (χ1) is 12.8. The summed E-state index contributed by atoms with van der Waals surface area (Å²) >= 11 is 0. The van der Waals surface area contributed by atoms with E-state index in [2.05, 4.69) is 4.98 Å². The number of amides is 1. The minimum absolute atomic E-state index is 0.00185. The maximum Gasteiger partial charge on any atom is 0.407 e. The van der Waals surface area contributed by atoms with Gasteiger partial charge in [-0.2, -0.15) is 4.39 Å². The molecule has 3 heterocycles. The molecule has 2 aliphatic rings. The van der Waals surface area contributed by atoms with Crippen molar-refractivity contribution in [3.63, 3.8) is 0 Å². The predicted molar refractivity (Wildman–Crippen MR) is 96.8 cm³/mol. The number of halogens is 1. The van der Waals surface area contributed by atoms with E-state index < -0.39 is 21.9 Å². The Morgan fingerprint density at radius 1 is 1.26 bits per heavy atom. The Hall–Kier alpha value is -2.48. The molecule has 2 saturated heterocycles. The molecule has 3 atom stereocenters. The number of rotatable bonds is 3. The third-order valence-electron chi connectivity index (χ3n) is 5.64. The fourth-order valence-electron chi connectivity index (χ4n) is 4.40. The van der Waals surface area contributed by atoms with E-state index in [1.165, 1.54) is 23.2 Å². The average molecular weight is 390 g/mol. The van der Waals surface area contributed by atoms with Gasteiger partial charge in [-0.1, -0.05) is 12.1 Å². The van der Waals surface area contributed by atoms with Gasteiger partial charge in [0.15, 0.2) is 9.84 Å². The molecule has 0 saturated carbocycles. The Labute approximate surface area is 156 Å². The van der Waals surface area contributed by atoms with Crippen LogP contribution in [0.4, 0.5) is 9.18 Å². The summed E-state index contributed by atoms with van der Waals surface area (Å²) in [6.07, 6.45) is 4.08. The smallest absolute Gasteiger partial charge is 0.407 e. The van der Waals surface area contributed by atoms with Crippen molar-refractivity contribution < 1.29 is 22.7 Å². The molecule has 8 heteroatoms. The van der Waals surface area contributed by atoms with Crippen LogP contribution in [0.25, 0.3) is 11.1 Å². The van der Waals surface area contributed by atoms with Crippen LogP contribution in [0.2, 0.25) is 0 Å². The lowest BCUT2D eigenvalue weighted by Crippen LogP contribution is -2.34. The number of pyridine rings is 1. The summed E-state index contributed by atoms with van der Waals surface area (Å²) in [6.45, 7) is 0. The number of hydrogen-bond donors (Lipinski definition) is 1. The highest BCUT2D eigenvalue weighted by Crippen LogP contribution is 2.47. The SMILES string of the molecule is CS(=O)(=O)c1ccc(-c2cc(C3CC4CCC3N4C(=O)O)cnc2F)cc1. The molecule has 142 valence electrons. The van der Waals surface area contributed by atoms with Gasteiger partial charge in [-0.25, -0.2) is 18.2 Å². The van der Waals surface area contributed by atoms with Crippen LogP contribution in [-0.2, 0) is 9.84 Å². The minimum atomic E-state index is -3.32. The number of aromatic nitrogens is 1. The van der Waals surface area contributed by atoms with Crippen molar-refractivity contribution in [3.8, 4) is 11.1 Å². The van der Waals surface area contributed by atoms with Gasteiger partial charge in [0.05, 0.1) is 4.90 Å². The number of carbonyl (C=O) groups is 1. The first kappa shape index (κ1) is 17.9. The van der Waals surface area contributed by atoms with Crippen LogP contribution in [0, 0.1) is 5.95 Å². The van der Waals surface area contributed by atoms with Crippen molar-refractivity contribution in [2.24, 2.45) is 0 Å². The van der Waals surface area contributed by atoms with Crippen molar-refractivity contribution in [1.82, 2.24) is 9.88 Å². The van der Waals surface area contributed by atoms with Crippen LogP contribution in [0.1, 0.15) is 30.7 Å². The van der Waals surface area contributed by atoms with Gasteiger partial charge < -0.3 is 10.0 Å². The standard InChI is InChI=1S/C19H19FN2O4S/c1-27(25,26)14-5-2-11(3-6-14)16-8-12(10-21-18(16)20)15-9-13-4-7-17(15)22(13)19(23)24/h2-3,5-6,8,10,13,15,17H,4,7,9H2,1H3,(H,23,24). The normalized spacial score (nSPS) is 24.4. The van der Waals surface area contributed by atoms with E-state index in [1.807, 2.05) is 0 Å². The number of benzene rings is 1. The van der Waals surface area contributed by atoms with Crippen molar-refractivity contribution in [3.05, 3.63) is 48.0 Å². The van der Waals surface area contributed by atoms with E-state index >= 15 is 0 Å². The van der Waals surface area contributed by atoms with Crippen molar-refractivity contribution in [2.45, 2.75) is 42.2 Å². The third kappa shape index (κ3) is 3.07. The second kappa shape index (κ2) is 6.30. The number of hydrogen-bond acceptors (Lipinski definition) is 4. The molecule has 1 aromatic carbocycles. The summed E-state index contributed by atoms with van der Waals surface area (Å²) in [4.78, 5) is 17.1. The molecule has 2 aliphatic heterocycles. The fraction of sp³-hybridized carbons (Fsp3) is 0.368. The topological polar surface area (TPSA) is 87.6 Å². The highest BCUT2D eigenvalue weighted by molar-refractivity contribution is 7.90. The van der Waals surface area contributed by atoms with E-state index in [-0.39, 0.29) is 28.5 Å². The quantitative estimate of drug-likeness (QED) is 0.813. The number of sulfone groups is 1. The Balaban J connectivity index is 1.68. The molecule has 1 N–H and O–H groups in total. The van der Waals surface area contributed by atoms with Crippen molar-refractivity contribution in [2.75, 3.05) is 6.26 Å². The Bertz CT molecular complexity index is 1010. The van der Waals surface area contributed by atoms with E-state index in [4.69, 9.17) is 0 Å². The van der Waals surface area contributed by atoms with E-state index in [0.29, 0.717) is 5.56 Å². The summed E-state index contributed by atoms with van der Waals surface area (Å²) in [5.41, 5.74) is 1.64. The zero-order chi connectivity index (χ0) is 19.3. The summed E-state index contributed by atoms with van der Waals surface area (Å²) < 4.78 is 37.5. The van der Waals surface area contributed by atoms with Gasteiger partial charge in [0.1, 0.15) is 0 Å². The molecule has 0 aliphatic carbocycles. The van der Waals surface area contributed by atoms with E-state index in [9.17, 15) is 22.7 Å². The molecule has 1 amide bonds. The van der Waals surface area contributed by atoms with Gasteiger partial charge >= 0.3 is 6.09 Å². The van der Waals surface area contributed by atoms with Gasteiger partial charge in [-0.15, -0.1) is 0 Å². The number of nitrogens with zero attached hydrogens (tertiary/aromatic N) is 2. The summed E-state index contributed by atoms with van der Waals surface area (Å²) in [5.74, 6) is -0.633. The first-order valence-electron chi connectivity index (χ1n) is 8.73. The fourth-order valence-corrected chi connectivity index (χ4v) is 5.03. The number of fused-ring (bicyclic) bond motifs is 2. The van der Waals surface area contributed by atoms with Gasteiger partial charge in [0.2, 0.25) is 5.95 Å². The van der Waals surface area contributed by atoms with Crippen LogP contribution in [0.15, 0.2) is 41.4 Å². The van der Waals surface area contributed by atoms with Gasteiger partial charge in [-0.05, 0) is 48.6 Å². The van der Waals surface area contributed by atoms with E-state index in [1.54, 1.807) is 18.2 Å². The Kier molecular flexibility index (Phi) is 4.18. The van der Waals surface area contributed by atoms with Gasteiger partial charge in [0, 0.05) is 36.0 Å². The largest absolute Gasteiger partial charge is 0.465 e. The Morgan fingerprint density at radius 3 is 2.56 bits per heavy atom. The van der Waals surface area contributed by atoms with Crippen molar-refractivity contribution in [1.29, 1.82) is 0 Å². The molecule has 2 fully saturated rings. The van der Waals surface area contributed by atoms with Crippen LogP contribution >= 0.6 is 0 Å².